The standard InChI is InChI=1S/C20H11Cl2N3O4S/c21-10-5-6-13(14(22)7-10)15-8-30-20(24-15)25-18(26)16-17(29-9-23-16)11-3-1-2-4-12(11)19(27)28/h1-9H,(H,27,28)(H,24,25,26). The molecule has 150 valence electrons. The molecule has 0 fully saturated rings. The summed E-state index contributed by atoms with van der Waals surface area (Å²) < 4.78 is 5.32. The zero-order valence-electron chi connectivity index (χ0n) is 14.9. The van der Waals surface area contributed by atoms with Gasteiger partial charge in [0.1, 0.15) is 0 Å². The van der Waals surface area contributed by atoms with Crippen LogP contribution < -0.4 is 5.32 Å². The Bertz CT molecular complexity index is 1270. The highest BCUT2D eigenvalue weighted by atomic mass is 35.5. The number of amides is 1. The van der Waals surface area contributed by atoms with Crippen LogP contribution in [0.25, 0.3) is 22.6 Å². The van der Waals surface area contributed by atoms with Crippen LogP contribution in [-0.2, 0) is 0 Å². The summed E-state index contributed by atoms with van der Waals surface area (Å²) in [5, 5.41) is 15.1. The molecule has 2 aromatic heterocycles. The Balaban J connectivity index is 1.61. The zero-order chi connectivity index (χ0) is 21.3. The minimum atomic E-state index is -1.14. The van der Waals surface area contributed by atoms with Gasteiger partial charge < -0.3 is 9.52 Å². The first-order valence-electron chi connectivity index (χ1n) is 8.42. The Labute approximate surface area is 183 Å². The summed E-state index contributed by atoms with van der Waals surface area (Å²) in [6, 6.07) is 11.2. The topological polar surface area (TPSA) is 105 Å². The van der Waals surface area contributed by atoms with Crippen LogP contribution in [0.4, 0.5) is 5.13 Å². The number of carbonyl (C=O) groups excluding carboxylic acids is 1. The van der Waals surface area contributed by atoms with Crippen LogP contribution in [0.2, 0.25) is 10.0 Å². The van der Waals surface area contributed by atoms with Gasteiger partial charge in [-0.2, -0.15) is 0 Å². The first-order chi connectivity index (χ1) is 14.4. The third kappa shape index (κ3) is 3.93. The van der Waals surface area contributed by atoms with Crippen molar-refractivity contribution in [3.8, 4) is 22.6 Å². The Morgan fingerprint density at radius 3 is 2.67 bits per heavy atom. The summed E-state index contributed by atoms with van der Waals surface area (Å²) in [5.74, 6) is -1.66. The summed E-state index contributed by atoms with van der Waals surface area (Å²) in [5.41, 5.74) is 1.45. The molecule has 0 bridgehead atoms. The van der Waals surface area contributed by atoms with Gasteiger partial charge >= 0.3 is 5.97 Å². The number of aromatic carboxylic acids is 1. The molecule has 2 N–H and O–H groups in total. The maximum absolute atomic E-state index is 12.7. The second-order valence-corrected chi connectivity index (χ2v) is 7.70. The number of nitrogens with zero attached hydrogens (tertiary/aromatic N) is 2. The molecule has 30 heavy (non-hydrogen) atoms. The van der Waals surface area contributed by atoms with Crippen molar-refractivity contribution in [1.29, 1.82) is 0 Å². The molecule has 4 aromatic rings. The predicted molar refractivity (Wildman–Crippen MR) is 114 cm³/mol. The summed E-state index contributed by atoms with van der Waals surface area (Å²) in [4.78, 5) is 32.6. The number of carbonyl (C=O) groups is 2. The number of thiazole rings is 1. The van der Waals surface area contributed by atoms with Gasteiger partial charge in [0.2, 0.25) is 0 Å². The van der Waals surface area contributed by atoms with Crippen molar-refractivity contribution < 1.29 is 19.1 Å². The molecule has 0 aliphatic carbocycles. The van der Waals surface area contributed by atoms with Gasteiger partial charge in [-0.3, -0.25) is 10.1 Å². The molecule has 0 aliphatic heterocycles. The van der Waals surface area contributed by atoms with Crippen molar-refractivity contribution in [2.75, 3.05) is 5.32 Å². The van der Waals surface area contributed by atoms with E-state index in [1.165, 1.54) is 17.4 Å². The van der Waals surface area contributed by atoms with Gasteiger partial charge in [0.25, 0.3) is 5.91 Å². The molecular weight excluding hydrogens is 449 g/mol. The Kier molecular flexibility index (Phi) is 5.54. The molecule has 4 rings (SSSR count). The van der Waals surface area contributed by atoms with E-state index in [0.717, 1.165) is 6.39 Å². The van der Waals surface area contributed by atoms with Crippen molar-refractivity contribution in [1.82, 2.24) is 9.97 Å². The second-order valence-electron chi connectivity index (χ2n) is 6.00. The molecule has 0 atom stereocenters. The van der Waals surface area contributed by atoms with E-state index in [9.17, 15) is 14.7 Å². The van der Waals surface area contributed by atoms with Gasteiger partial charge in [-0.25, -0.2) is 14.8 Å². The number of carboxylic acids is 1. The normalized spacial score (nSPS) is 10.7. The SMILES string of the molecule is O=C(O)c1ccccc1-c1ocnc1C(=O)Nc1nc(-c2ccc(Cl)cc2Cl)cs1. The fourth-order valence-corrected chi connectivity index (χ4v) is 3.99. The number of aromatic nitrogens is 2. The molecular formula is C20H11Cl2N3O4S. The zero-order valence-corrected chi connectivity index (χ0v) is 17.3. The van der Waals surface area contributed by atoms with E-state index < -0.39 is 11.9 Å². The minimum absolute atomic E-state index is 0.00258. The van der Waals surface area contributed by atoms with E-state index in [0.29, 0.717) is 26.4 Å². The third-order valence-corrected chi connectivity index (χ3v) is 5.42. The number of hydrogen-bond donors (Lipinski definition) is 2. The fraction of sp³-hybridized carbons (Fsp3) is 0. The Morgan fingerprint density at radius 2 is 1.90 bits per heavy atom. The van der Waals surface area contributed by atoms with Crippen LogP contribution in [0.5, 0.6) is 0 Å². The predicted octanol–water partition coefficient (Wildman–Crippen LogP) is 5.72. The minimum Gasteiger partial charge on any atom is -0.478 e. The highest BCUT2D eigenvalue weighted by molar-refractivity contribution is 7.14. The van der Waals surface area contributed by atoms with Crippen LogP contribution >= 0.6 is 34.5 Å². The lowest BCUT2D eigenvalue weighted by molar-refractivity contribution is 0.0697. The highest BCUT2D eigenvalue weighted by Gasteiger charge is 2.23. The monoisotopic (exact) mass is 459 g/mol. The number of anilines is 1. The van der Waals surface area contributed by atoms with Crippen molar-refractivity contribution in [2.24, 2.45) is 0 Å². The molecule has 10 heteroatoms. The fourth-order valence-electron chi connectivity index (χ4n) is 2.77. The van der Waals surface area contributed by atoms with Crippen molar-refractivity contribution in [3.05, 3.63) is 75.5 Å². The van der Waals surface area contributed by atoms with Crippen LogP contribution in [0.15, 0.2) is 58.7 Å². The molecule has 0 saturated heterocycles. The smallest absolute Gasteiger partial charge is 0.336 e. The average Bonchev–Trinajstić information content (AvgIpc) is 3.37. The summed E-state index contributed by atoms with van der Waals surface area (Å²) in [6.07, 6.45) is 1.09. The lowest BCUT2D eigenvalue weighted by Crippen LogP contribution is -2.13. The largest absolute Gasteiger partial charge is 0.478 e. The van der Waals surface area contributed by atoms with Crippen LogP contribution in [0.1, 0.15) is 20.8 Å². The van der Waals surface area contributed by atoms with Gasteiger partial charge in [0.05, 0.1) is 16.3 Å². The van der Waals surface area contributed by atoms with Gasteiger partial charge in [-0.1, -0.05) is 41.4 Å². The quantitative estimate of drug-likeness (QED) is 0.395. The number of oxazole rings is 1. The highest BCUT2D eigenvalue weighted by Crippen LogP contribution is 2.33. The van der Waals surface area contributed by atoms with Gasteiger partial charge in [0.15, 0.2) is 23.0 Å². The first kappa shape index (κ1) is 20.1. The molecule has 0 saturated carbocycles. The van der Waals surface area contributed by atoms with E-state index in [-0.39, 0.29) is 22.6 Å². The molecule has 0 spiro atoms. The van der Waals surface area contributed by atoms with Crippen LogP contribution in [-0.4, -0.2) is 27.0 Å². The second kappa shape index (κ2) is 8.27. The Hall–Kier alpha value is -3.20. The van der Waals surface area contributed by atoms with Crippen LogP contribution in [0.3, 0.4) is 0 Å². The number of halogens is 2. The number of hydrogen-bond acceptors (Lipinski definition) is 6. The molecule has 0 aliphatic rings. The van der Waals surface area contributed by atoms with Gasteiger partial charge in [-0.05, 0) is 24.3 Å². The molecule has 1 amide bonds. The van der Waals surface area contributed by atoms with Crippen LogP contribution in [0, 0.1) is 0 Å². The molecule has 2 aromatic carbocycles. The average molecular weight is 460 g/mol. The number of carboxylic acid groups (broad SMARTS) is 1. The maximum Gasteiger partial charge on any atom is 0.336 e. The number of nitrogens with one attached hydrogen (secondary N) is 1. The van der Waals surface area contributed by atoms with Gasteiger partial charge in [-0.15, -0.1) is 11.3 Å². The maximum atomic E-state index is 12.7. The van der Waals surface area contributed by atoms with E-state index in [1.807, 2.05) is 0 Å². The summed E-state index contributed by atoms with van der Waals surface area (Å²) in [7, 11) is 0. The van der Waals surface area contributed by atoms with Crippen molar-refractivity contribution in [2.45, 2.75) is 0 Å². The van der Waals surface area contributed by atoms with E-state index in [1.54, 1.807) is 41.8 Å². The van der Waals surface area contributed by atoms with Gasteiger partial charge in [0, 0.05) is 21.5 Å². The lowest BCUT2D eigenvalue weighted by atomic mass is 10.0. The first-order valence-corrected chi connectivity index (χ1v) is 10.1. The van der Waals surface area contributed by atoms with Crippen molar-refractivity contribution >= 4 is 51.5 Å². The molecule has 2 heterocycles. The molecule has 0 radical (unpaired) electrons. The summed E-state index contributed by atoms with van der Waals surface area (Å²) in [6.45, 7) is 0. The summed E-state index contributed by atoms with van der Waals surface area (Å²) >= 11 is 13.3. The lowest BCUT2D eigenvalue weighted by Gasteiger charge is -2.05. The molecule has 0 unspecified atom stereocenters. The van der Waals surface area contributed by atoms with E-state index in [2.05, 4.69) is 15.3 Å². The van der Waals surface area contributed by atoms with E-state index in [4.69, 9.17) is 27.6 Å². The third-order valence-electron chi connectivity index (χ3n) is 4.12. The Morgan fingerprint density at radius 1 is 1.10 bits per heavy atom. The molecule has 7 nitrogen and oxygen atoms in total. The number of rotatable bonds is 5. The van der Waals surface area contributed by atoms with E-state index >= 15 is 0 Å². The van der Waals surface area contributed by atoms with Crippen molar-refractivity contribution in [3.63, 3.8) is 0 Å². The number of benzene rings is 2.